The zero-order valence-corrected chi connectivity index (χ0v) is 20.2. The maximum atomic E-state index is 13.5. The summed E-state index contributed by atoms with van der Waals surface area (Å²) in [6.07, 6.45) is 7.50. The Balaban J connectivity index is 1.20. The number of ether oxygens (including phenoxy) is 1. The van der Waals surface area contributed by atoms with Crippen LogP contribution in [0, 0.1) is 5.92 Å². The lowest BCUT2D eigenvalue weighted by atomic mass is 9.91. The molecule has 1 aromatic heterocycles. The molecule has 2 saturated heterocycles. The van der Waals surface area contributed by atoms with E-state index in [1.807, 2.05) is 46.3 Å². The zero-order valence-electron chi connectivity index (χ0n) is 20.2. The summed E-state index contributed by atoms with van der Waals surface area (Å²) in [5.74, 6) is 1.38. The Morgan fingerprint density at radius 1 is 0.971 bits per heavy atom. The molecule has 2 aliphatic rings. The Hall–Kier alpha value is -3.41. The maximum Gasteiger partial charge on any atom is 0.257 e. The largest absolute Gasteiger partial charge is 0.491 e. The highest BCUT2D eigenvalue weighted by atomic mass is 16.5. The van der Waals surface area contributed by atoms with Crippen LogP contribution in [-0.2, 0) is 11.2 Å². The summed E-state index contributed by atoms with van der Waals surface area (Å²) in [6.45, 7) is 3.29. The van der Waals surface area contributed by atoms with E-state index >= 15 is 0 Å². The number of rotatable bonds is 7. The van der Waals surface area contributed by atoms with Gasteiger partial charge in [0.1, 0.15) is 12.4 Å². The van der Waals surface area contributed by atoms with Gasteiger partial charge >= 0.3 is 0 Å². The Morgan fingerprint density at radius 2 is 1.89 bits per heavy atom. The Labute approximate surface area is 206 Å². The topological polar surface area (TPSA) is 62.7 Å². The maximum absolute atomic E-state index is 13.5. The van der Waals surface area contributed by atoms with Crippen molar-refractivity contribution in [2.45, 2.75) is 38.5 Å². The van der Waals surface area contributed by atoms with Gasteiger partial charge in [0.15, 0.2) is 0 Å². The quantitative estimate of drug-likeness (QED) is 0.500. The lowest BCUT2D eigenvalue weighted by molar-refractivity contribution is -0.128. The van der Waals surface area contributed by atoms with E-state index in [2.05, 4.69) is 29.2 Å². The lowest BCUT2D eigenvalue weighted by Gasteiger charge is -2.23. The SMILES string of the molecule is O=C1CCCN1CCOc1ccccc1C(=O)N1CCC[C@@H](Cc2cccc3ncccc23)CC1. The number of hydrogen-bond donors (Lipinski definition) is 0. The van der Waals surface area contributed by atoms with Crippen molar-refractivity contribution in [3.63, 3.8) is 0 Å². The van der Waals surface area contributed by atoms with Gasteiger partial charge in [-0.15, -0.1) is 0 Å². The molecule has 2 aromatic carbocycles. The van der Waals surface area contributed by atoms with Gasteiger partial charge in [-0.05, 0) is 67.9 Å². The molecule has 0 spiro atoms. The van der Waals surface area contributed by atoms with Gasteiger partial charge < -0.3 is 14.5 Å². The van der Waals surface area contributed by atoms with E-state index < -0.39 is 0 Å². The normalized spacial score (nSPS) is 18.6. The number of carbonyl (C=O) groups excluding carboxylic acids is 2. The van der Waals surface area contributed by atoms with Crippen LogP contribution in [0.25, 0.3) is 10.9 Å². The summed E-state index contributed by atoms with van der Waals surface area (Å²) in [6, 6.07) is 18.0. The molecule has 0 N–H and O–H groups in total. The van der Waals surface area contributed by atoms with Crippen LogP contribution in [0.2, 0.25) is 0 Å². The molecule has 6 heteroatoms. The highest BCUT2D eigenvalue weighted by Crippen LogP contribution is 2.27. The van der Waals surface area contributed by atoms with Crippen LogP contribution in [0.3, 0.4) is 0 Å². The molecule has 0 radical (unpaired) electrons. The minimum atomic E-state index is 0.0351. The van der Waals surface area contributed by atoms with Crippen LogP contribution < -0.4 is 4.74 Å². The first-order chi connectivity index (χ1) is 17.2. The van der Waals surface area contributed by atoms with Gasteiger partial charge in [0, 0.05) is 37.6 Å². The van der Waals surface area contributed by atoms with Crippen molar-refractivity contribution >= 4 is 22.7 Å². The van der Waals surface area contributed by atoms with E-state index in [4.69, 9.17) is 4.74 Å². The van der Waals surface area contributed by atoms with Crippen molar-refractivity contribution in [2.75, 3.05) is 32.8 Å². The predicted octanol–water partition coefficient (Wildman–Crippen LogP) is 4.72. The van der Waals surface area contributed by atoms with Gasteiger partial charge in [-0.25, -0.2) is 0 Å². The molecule has 0 unspecified atom stereocenters. The van der Waals surface area contributed by atoms with Crippen LogP contribution in [0.4, 0.5) is 0 Å². The molecular formula is C29H33N3O3. The molecule has 3 heterocycles. The number of amides is 2. The summed E-state index contributed by atoms with van der Waals surface area (Å²) in [7, 11) is 0. The second-order valence-corrected chi connectivity index (χ2v) is 9.61. The molecule has 2 amide bonds. The van der Waals surface area contributed by atoms with Crippen LogP contribution >= 0.6 is 0 Å². The summed E-state index contributed by atoms with van der Waals surface area (Å²) in [5.41, 5.74) is 3.00. The Morgan fingerprint density at radius 3 is 2.77 bits per heavy atom. The van der Waals surface area contributed by atoms with E-state index in [-0.39, 0.29) is 11.8 Å². The number of pyridine rings is 1. The van der Waals surface area contributed by atoms with E-state index in [1.54, 1.807) is 0 Å². The fourth-order valence-electron chi connectivity index (χ4n) is 5.37. The zero-order chi connectivity index (χ0) is 24.0. The van der Waals surface area contributed by atoms with E-state index in [9.17, 15) is 9.59 Å². The molecule has 6 nitrogen and oxygen atoms in total. The van der Waals surface area contributed by atoms with Gasteiger partial charge in [0.2, 0.25) is 5.91 Å². The van der Waals surface area contributed by atoms with Crippen LogP contribution in [0.15, 0.2) is 60.8 Å². The summed E-state index contributed by atoms with van der Waals surface area (Å²) < 4.78 is 5.98. The monoisotopic (exact) mass is 471 g/mol. The molecule has 1 atom stereocenters. The summed E-state index contributed by atoms with van der Waals surface area (Å²) in [5, 5.41) is 1.23. The molecule has 2 aliphatic heterocycles. The highest BCUT2D eigenvalue weighted by molar-refractivity contribution is 5.97. The number of carbonyl (C=O) groups is 2. The van der Waals surface area contributed by atoms with Gasteiger partial charge in [-0.3, -0.25) is 14.6 Å². The minimum Gasteiger partial charge on any atom is -0.491 e. The number of nitrogens with zero attached hydrogens (tertiary/aromatic N) is 3. The minimum absolute atomic E-state index is 0.0351. The first kappa shape index (κ1) is 23.3. The van der Waals surface area contributed by atoms with E-state index in [1.165, 1.54) is 10.9 Å². The molecule has 0 bridgehead atoms. The first-order valence-corrected chi connectivity index (χ1v) is 12.8. The van der Waals surface area contributed by atoms with Gasteiger partial charge in [0.25, 0.3) is 5.91 Å². The Bertz CT molecular complexity index is 1190. The Kier molecular flexibility index (Phi) is 7.26. The van der Waals surface area contributed by atoms with Crippen molar-refractivity contribution in [3.05, 3.63) is 71.9 Å². The van der Waals surface area contributed by atoms with Gasteiger partial charge in [0.05, 0.1) is 17.6 Å². The van der Waals surface area contributed by atoms with Crippen molar-refractivity contribution in [3.8, 4) is 5.75 Å². The van der Waals surface area contributed by atoms with E-state index in [0.29, 0.717) is 36.8 Å². The number of hydrogen-bond acceptors (Lipinski definition) is 4. The lowest BCUT2D eigenvalue weighted by Crippen LogP contribution is -2.33. The van der Waals surface area contributed by atoms with Crippen molar-refractivity contribution in [1.82, 2.24) is 14.8 Å². The number of aromatic nitrogens is 1. The van der Waals surface area contributed by atoms with Crippen LogP contribution in [0.1, 0.15) is 48.0 Å². The third-order valence-corrected chi connectivity index (χ3v) is 7.29. The van der Waals surface area contributed by atoms with Crippen molar-refractivity contribution in [1.29, 1.82) is 0 Å². The van der Waals surface area contributed by atoms with Gasteiger partial charge in [-0.1, -0.05) is 30.3 Å². The second kappa shape index (κ2) is 10.9. The number of para-hydroxylation sites is 1. The number of benzene rings is 2. The number of likely N-dealkylation sites (tertiary alicyclic amines) is 2. The molecule has 2 fully saturated rings. The molecule has 3 aromatic rings. The fourth-order valence-corrected chi connectivity index (χ4v) is 5.37. The predicted molar refractivity (Wildman–Crippen MR) is 136 cm³/mol. The number of fused-ring (bicyclic) bond motifs is 1. The second-order valence-electron chi connectivity index (χ2n) is 9.61. The average molecular weight is 472 g/mol. The average Bonchev–Trinajstić information content (AvgIpc) is 3.15. The summed E-state index contributed by atoms with van der Waals surface area (Å²) in [4.78, 5) is 33.6. The van der Waals surface area contributed by atoms with E-state index in [0.717, 1.165) is 57.3 Å². The standard InChI is InChI=1S/C29H33N3O3/c33-28-13-6-16-31(28)19-20-35-27-12-2-1-9-25(27)29(34)32-17-5-7-22(14-18-32)21-23-8-3-11-26-24(23)10-4-15-30-26/h1-4,8-12,15,22H,5-7,13-14,16-21H2/t22-/m1/s1. The molecule has 5 rings (SSSR count). The molecule has 182 valence electrons. The third-order valence-electron chi connectivity index (χ3n) is 7.29. The smallest absolute Gasteiger partial charge is 0.257 e. The molecule has 0 saturated carbocycles. The van der Waals surface area contributed by atoms with Crippen LogP contribution in [0.5, 0.6) is 5.75 Å². The van der Waals surface area contributed by atoms with Gasteiger partial charge in [-0.2, -0.15) is 0 Å². The van der Waals surface area contributed by atoms with Crippen molar-refractivity contribution in [2.24, 2.45) is 5.92 Å². The fraction of sp³-hybridized carbons (Fsp3) is 0.414. The summed E-state index contributed by atoms with van der Waals surface area (Å²) >= 11 is 0. The molecular weight excluding hydrogens is 438 g/mol. The highest BCUT2D eigenvalue weighted by Gasteiger charge is 2.25. The molecule has 0 aliphatic carbocycles. The van der Waals surface area contributed by atoms with Crippen molar-refractivity contribution < 1.29 is 14.3 Å². The first-order valence-electron chi connectivity index (χ1n) is 12.8. The third kappa shape index (κ3) is 5.47. The van der Waals surface area contributed by atoms with Crippen LogP contribution in [-0.4, -0.2) is 59.4 Å². The molecule has 35 heavy (non-hydrogen) atoms.